The molecule has 2 heterocycles. The van der Waals surface area contributed by atoms with Crippen LogP contribution in [0.2, 0.25) is 0 Å². The third-order valence-corrected chi connectivity index (χ3v) is 8.26. The average molecular weight is 394 g/mol. The number of hydrogen-bond acceptors (Lipinski definition) is 5. The summed E-state index contributed by atoms with van der Waals surface area (Å²) in [6, 6.07) is 3.80. The van der Waals surface area contributed by atoms with E-state index in [2.05, 4.69) is 4.90 Å². The highest BCUT2D eigenvalue weighted by atomic mass is 35.5. The molecule has 6 heteroatoms. The first kappa shape index (κ1) is 18.0. The third-order valence-electron chi connectivity index (χ3n) is 8.26. The second-order valence-electron chi connectivity index (χ2n) is 9.25. The molecule has 2 aliphatic heterocycles. The number of phenols is 1. The summed E-state index contributed by atoms with van der Waals surface area (Å²) < 4.78 is 6.16. The Morgan fingerprint density at radius 1 is 1.19 bits per heavy atom. The van der Waals surface area contributed by atoms with Gasteiger partial charge in [0.1, 0.15) is 6.10 Å². The summed E-state index contributed by atoms with van der Waals surface area (Å²) in [6.45, 7) is 2.02. The van der Waals surface area contributed by atoms with Crippen LogP contribution >= 0.6 is 12.4 Å². The molecule has 27 heavy (non-hydrogen) atoms. The standard InChI is InChI=1S/C21H27NO4.ClH/c23-14-5-4-13-10-16-21(25)7-6-15(24)19-20(21,17(13)18(14)26-19)8-9-22(16)11-12-2-1-3-12;/h4-5,12,15-16,19,23-25H,1-3,6-11H2;1H/t15?,16?,19?,20-,21+;/m0./s1. The lowest BCUT2D eigenvalue weighted by atomic mass is 9.48. The lowest BCUT2D eigenvalue weighted by Crippen LogP contribution is -2.77. The molecule has 3 aliphatic carbocycles. The van der Waals surface area contributed by atoms with Gasteiger partial charge in [0, 0.05) is 18.2 Å². The van der Waals surface area contributed by atoms with Gasteiger partial charge in [-0.15, -0.1) is 12.4 Å². The SMILES string of the molecule is Cl.Oc1ccc2c3c1OC1C(O)CC[C@@]4(O)C(C2)N(CC2CCC2)CC[C@]314. The van der Waals surface area contributed by atoms with Crippen molar-refractivity contribution in [3.8, 4) is 11.5 Å². The number of likely N-dealkylation sites (tertiary alicyclic amines) is 1. The van der Waals surface area contributed by atoms with Crippen LogP contribution < -0.4 is 4.74 Å². The summed E-state index contributed by atoms with van der Waals surface area (Å²) in [5.74, 6) is 1.42. The van der Waals surface area contributed by atoms with Gasteiger partial charge >= 0.3 is 0 Å². The molecule has 3 unspecified atom stereocenters. The van der Waals surface area contributed by atoms with Gasteiger partial charge in [0.2, 0.25) is 0 Å². The molecule has 6 rings (SSSR count). The number of rotatable bonds is 2. The maximum atomic E-state index is 12.1. The number of piperidine rings is 1. The molecule has 5 nitrogen and oxygen atoms in total. The largest absolute Gasteiger partial charge is 0.504 e. The van der Waals surface area contributed by atoms with Crippen molar-refractivity contribution < 1.29 is 20.1 Å². The Morgan fingerprint density at radius 2 is 2.00 bits per heavy atom. The van der Waals surface area contributed by atoms with Gasteiger partial charge in [0.15, 0.2) is 11.5 Å². The topological polar surface area (TPSA) is 73.2 Å². The number of aromatic hydroxyl groups is 1. The van der Waals surface area contributed by atoms with Crippen LogP contribution in [0.25, 0.3) is 0 Å². The highest BCUT2D eigenvalue weighted by Crippen LogP contribution is 2.65. The summed E-state index contributed by atoms with van der Waals surface area (Å²) in [6.07, 6.45) is 5.68. The van der Waals surface area contributed by atoms with E-state index >= 15 is 0 Å². The molecule has 5 atom stereocenters. The Labute approximate surface area is 165 Å². The van der Waals surface area contributed by atoms with Crippen molar-refractivity contribution in [3.05, 3.63) is 23.3 Å². The Morgan fingerprint density at radius 3 is 2.74 bits per heavy atom. The molecule has 5 aliphatic rings. The van der Waals surface area contributed by atoms with E-state index in [9.17, 15) is 15.3 Å². The van der Waals surface area contributed by atoms with Crippen LogP contribution in [0.1, 0.15) is 49.7 Å². The summed E-state index contributed by atoms with van der Waals surface area (Å²) in [7, 11) is 0. The third kappa shape index (κ3) is 2.01. The fourth-order valence-electron chi connectivity index (χ4n) is 6.83. The zero-order valence-corrected chi connectivity index (χ0v) is 16.2. The van der Waals surface area contributed by atoms with Crippen molar-refractivity contribution in [1.29, 1.82) is 0 Å². The van der Waals surface area contributed by atoms with Crippen LogP contribution in [0.15, 0.2) is 12.1 Å². The summed E-state index contributed by atoms with van der Waals surface area (Å²) in [4.78, 5) is 2.53. The molecule has 1 aromatic carbocycles. The first-order valence-electron chi connectivity index (χ1n) is 10.2. The highest BCUT2D eigenvalue weighted by Gasteiger charge is 2.72. The number of aliphatic hydroxyl groups is 2. The molecule has 3 fully saturated rings. The number of benzene rings is 1. The highest BCUT2D eigenvalue weighted by molar-refractivity contribution is 5.85. The number of halogens is 1. The zero-order chi connectivity index (χ0) is 17.7. The van der Waals surface area contributed by atoms with Crippen LogP contribution in [0.4, 0.5) is 0 Å². The van der Waals surface area contributed by atoms with Gasteiger partial charge in [-0.05, 0) is 62.6 Å². The number of aliphatic hydroxyl groups excluding tert-OH is 1. The van der Waals surface area contributed by atoms with Crippen LogP contribution in [-0.2, 0) is 11.8 Å². The van der Waals surface area contributed by atoms with E-state index in [-0.39, 0.29) is 24.2 Å². The monoisotopic (exact) mass is 393 g/mol. The van der Waals surface area contributed by atoms with Crippen molar-refractivity contribution >= 4 is 12.4 Å². The summed E-state index contributed by atoms with van der Waals surface area (Å²) in [5, 5.41) is 33.2. The van der Waals surface area contributed by atoms with Crippen molar-refractivity contribution in [2.75, 3.05) is 13.1 Å². The molecule has 0 aromatic heterocycles. The summed E-state index contributed by atoms with van der Waals surface area (Å²) >= 11 is 0. The Kier molecular flexibility index (Phi) is 3.85. The smallest absolute Gasteiger partial charge is 0.165 e. The first-order chi connectivity index (χ1) is 12.5. The Bertz CT molecular complexity index is 784. The van der Waals surface area contributed by atoms with Gasteiger partial charge in [0.05, 0.1) is 17.1 Å². The molecular formula is C21H28ClNO4. The molecule has 1 aromatic rings. The quantitative estimate of drug-likeness (QED) is 0.717. The van der Waals surface area contributed by atoms with E-state index < -0.39 is 23.2 Å². The molecule has 1 spiro atoms. The second kappa shape index (κ2) is 5.76. The predicted molar refractivity (Wildman–Crippen MR) is 103 cm³/mol. The molecule has 148 valence electrons. The minimum Gasteiger partial charge on any atom is -0.504 e. The van der Waals surface area contributed by atoms with Crippen molar-refractivity contribution in [3.63, 3.8) is 0 Å². The van der Waals surface area contributed by atoms with Gasteiger partial charge in [0.25, 0.3) is 0 Å². The molecule has 1 saturated heterocycles. The van der Waals surface area contributed by atoms with Gasteiger partial charge in [-0.25, -0.2) is 0 Å². The van der Waals surface area contributed by atoms with Crippen LogP contribution in [0, 0.1) is 5.92 Å². The number of hydrogen-bond donors (Lipinski definition) is 3. The van der Waals surface area contributed by atoms with E-state index in [1.54, 1.807) is 6.07 Å². The Hall–Kier alpha value is -1.01. The van der Waals surface area contributed by atoms with Gasteiger partial charge < -0.3 is 20.1 Å². The fraction of sp³-hybridized carbons (Fsp3) is 0.714. The van der Waals surface area contributed by atoms with Crippen LogP contribution in [0.5, 0.6) is 11.5 Å². The lowest BCUT2D eigenvalue weighted by Gasteiger charge is -2.64. The lowest BCUT2D eigenvalue weighted by molar-refractivity contribution is -0.209. The molecule has 0 amide bonds. The molecule has 2 saturated carbocycles. The van der Waals surface area contributed by atoms with E-state index in [0.717, 1.165) is 37.4 Å². The molecule has 3 N–H and O–H groups in total. The van der Waals surface area contributed by atoms with Gasteiger partial charge in [-0.3, -0.25) is 4.90 Å². The van der Waals surface area contributed by atoms with E-state index in [0.29, 0.717) is 18.6 Å². The fourth-order valence-corrected chi connectivity index (χ4v) is 6.83. The number of phenolic OH excluding ortho intramolecular Hbond substituents is 1. The normalized spacial score (nSPS) is 41.9. The van der Waals surface area contributed by atoms with Crippen molar-refractivity contribution in [1.82, 2.24) is 4.90 Å². The maximum absolute atomic E-state index is 12.1. The van der Waals surface area contributed by atoms with Crippen molar-refractivity contribution in [2.24, 2.45) is 5.92 Å². The predicted octanol–water partition coefficient (Wildman–Crippen LogP) is 2.13. The van der Waals surface area contributed by atoms with E-state index in [4.69, 9.17) is 4.74 Å². The van der Waals surface area contributed by atoms with E-state index in [1.165, 1.54) is 24.8 Å². The molecule has 2 bridgehead atoms. The van der Waals surface area contributed by atoms with Crippen LogP contribution in [-0.4, -0.2) is 57.2 Å². The van der Waals surface area contributed by atoms with Crippen LogP contribution in [0.3, 0.4) is 0 Å². The summed E-state index contributed by atoms with van der Waals surface area (Å²) in [5.41, 5.74) is 0.712. The minimum atomic E-state index is -0.884. The van der Waals surface area contributed by atoms with Gasteiger partial charge in [-0.2, -0.15) is 0 Å². The Balaban J connectivity index is 0.00000160. The number of ether oxygens (including phenoxy) is 1. The molecular weight excluding hydrogens is 366 g/mol. The minimum absolute atomic E-state index is 0. The average Bonchev–Trinajstić information content (AvgIpc) is 2.93. The van der Waals surface area contributed by atoms with E-state index in [1.807, 2.05) is 6.07 Å². The molecule has 0 radical (unpaired) electrons. The number of nitrogens with zero attached hydrogens (tertiary/aromatic N) is 1. The maximum Gasteiger partial charge on any atom is 0.165 e. The van der Waals surface area contributed by atoms with Crippen molar-refractivity contribution in [2.45, 2.75) is 74.2 Å². The van der Waals surface area contributed by atoms with Gasteiger partial charge in [-0.1, -0.05) is 12.5 Å². The second-order valence-corrected chi connectivity index (χ2v) is 9.25. The zero-order valence-electron chi connectivity index (χ0n) is 15.4. The first-order valence-corrected chi connectivity index (χ1v) is 10.2.